The second-order valence-electron chi connectivity index (χ2n) is 4.38. The van der Waals surface area contributed by atoms with Crippen LogP contribution in [0.2, 0.25) is 6.82 Å². The summed E-state index contributed by atoms with van der Waals surface area (Å²) in [7, 11) is 0. The fourth-order valence-corrected chi connectivity index (χ4v) is 2.05. The van der Waals surface area contributed by atoms with Crippen molar-refractivity contribution in [2.75, 3.05) is 0 Å². The molecule has 0 aliphatic carbocycles. The van der Waals surface area contributed by atoms with Crippen LogP contribution in [0.15, 0.2) is 61.1 Å². The molecule has 4 heteroatoms. The molecule has 0 aliphatic rings. The fraction of sp³-hybridized carbons (Fsp3) is 0.0667. The summed E-state index contributed by atoms with van der Waals surface area (Å²) in [6.45, 7) is 1.96. The number of nitrogens with zero attached hydrogens (tertiary/aromatic N) is 2. The lowest BCUT2D eigenvalue weighted by atomic mass is 9.64. The molecule has 3 aromatic rings. The van der Waals surface area contributed by atoms with Crippen LogP contribution in [0.5, 0.6) is 5.75 Å². The molecule has 2 heterocycles. The van der Waals surface area contributed by atoms with Crippen molar-refractivity contribution in [3.8, 4) is 5.75 Å². The van der Waals surface area contributed by atoms with Crippen LogP contribution in [-0.4, -0.2) is 16.9 Å². The molecule has 3 nitrogen and oxygen atoms in total. The zero-order chi connectivity index (χ0) is 13.1. The van der Waals surface area contributed by atoms with Gasteiger partial charge in [0, 0.05) is 24.0 Å². The highest BCUT2D eigenvalue weighted by atomic mass is 16.4. The van der Waals surface area contributed by atoms with Gasteiger partial charge in [-0.1, -0.05) is 24.3 Å². The summed E-state index contributed by atoms with van der Waals surface area (Å²) in [4.78, 5) is 8.50. The van der Waals surface area contributed by atoms with Gasteiger partial charge in [0.15, 0.2) is 0 Å². The van der Waals surface area contributed by atoms with Gasteiger partial charge in [-0.25, -0.2) is 0 Å². The summed E-state index contributed by atoms with van der Waals surface area (Å²) in [5.41, 5.74) is 1.94. The third-order valence-electron chi connectivity index (χ3n) is 3.05. The molecule has 0 unspecified atom stereocenters. The highest BCUT2D eigenvalue weighted by molar-refractivity contribution is 6.66. The Morgan fingerprint density at radius 2 is 1.84 bits per heavy atom. The Kier molecular flexibility index (Phi) is 3.15. The van der Waals surface area contributed by atoms with Gasteiger partial charge in [-0.05, 0) is 30.5 Å². The molecule has 0 saturated carbocycles. The molecule has 0 atom stereocenters. The lowest BCUT2D eigenvalue weighted by molar-refractivity contribution is 0.591. The van der Waals surface area contributed by atoms with E-state index < -0.39 is 0 Å². The van der Waals surface area contributed by atoms with Gasteiger partial charge in [0.25, 0.3) is 0 Å². The largest absolute Gasteiger partial charge is 0.554 e. The van der Waals surface area contributed by atoms with Gasteiger partial charge in [-0.15, -0.1) is 0 Å². The number of aromatic nitrogens is 2. The van der Waals surface area contributed by atoms with Crippen molar-refractivity contribution in [1.82, 2.24) is 9.97 Å². The first-order chi connectivity index (χ1) is 9.34. The molecule has 2 aromatic heterocycles. The van der Waals surface area contributed by atoms with E-state index in [1.165, 1.54) is 0 Å². The zero-order valence-corrected chi connectivity index (χ0v) is 10.7. The lowest BCUT2D eigenvalue weighted by Crippen LogP contribution is -2.33. The van der Waals surface area contributed by atoms with Crippen LogP contribution >= 0.6 is 0 Å². The van der Waals surface area contributed by atoms with Gasteiger partial charge in [0.2, 0.25) is 0 Å². The predicted octanol–water partition coefficient (Wildman–Crippen LogP) is 2.54. The van der Waals surface area contributed by atoms with Crippen LogP contribution in [0, 0.1) is 0 Å². The summed E-state index contributed by atoms with van der Waals surface area (Å²) < 4.78 is 6.01. The van der Waals surface area contributed by atoms with Crippen LogP contribution in [0.4, 0.5) is 0 Å². The van der Waals surface area contributed by atoms with E-state index in [4.69, 9.17) is 4.65 Å². The Bertz CT molecular complexity index is 683. The van der Waals surface area contributed by atoms with E-state index in [0.717, 1.165) is 22.1 Å². The van der Waals surface area contributed by atoms with Crippen LogP contribution in [-0.2, 0) is 0 Å². The number of fused-ring (bicyclic) bond motifs is 1. The molecule has 0 amide bonds. The summed E-state index contributed by atoms with van der Waals surface area (Å²) >= 11 is 0. The molecule has 0 N–H and O–H groups in total. The maximum atomic E-state index is 6.01. The van der Waals surface area contributed by atoms with Crippen molar-refractivity contribution in [3.63, 3.8) is 0 Å². The Hall–Kier alpha value is -2.36. The van der Waals surface area contributed by atoms with E-state index in [2.05, 4.69) is 9.97 Å². The van der Waals surface area contributed by atoms with E-state index in [0.29, 0.717) is 0 Å². The van der Waals surface area contributed by atoms with Gasteiger partial charge >= 0.3 is 6.92 Å². The number of hydrogen-bond acceptors (Lipinski definition) is 3. The van der Waals surface area contributed by atoms with Crippen LogP contribution in [0.3, 0.4) is 0 Å². The molecule has 0 aliphatic heterocycles. The quantitative estimate of drug-likeness (QED) is 0.668. The fourth-order valence-electron chi connectivity index (χ4n) is 2.05. The molecule has 3 rings (SSSR count). The average Bonchev–Trinajstić information content (AvgIpc) is 2.48. The molecular formula is C15H13BN2O. The minimum absolute atomic E-state index is 0.0543. The molecule has 0 bridgehead atoms. The number of rotatable bonds is 3. The van der Waals surface area contributed by atoms with Crippen LogP contribution in [0.1, 0.15) is 0 Å². The summed E-state index contributed by atoms with van der Waals surface area (Å²) in [6.07, 6.45) is 5.36. The van der Waals surface area contributed by atoms with Gasteiger partial charge in [-0.2, -0.15) is 0 Å². The molecule has 19 heavy (non-hydrogen) atoms. The van der Waals surface area contributed by atoms with Crippen molar-refractivity contribution in [3.05, 3.63) is 61.1 Å². The van der Waals surface area contributed by atoms with Gasteiger partial charge < -0.3 is 4.65 Å². The van der Waals surface area contributed by atoms with Gasteiger partial charge in [0.05, 0.1) is 0 Å². The molecule has 0 saturated heterocycles. The van der Waals surface area contributed by atoms with Crippen molar-refractivity contribution < 1.29 is 4.65 Å². The number of hydrogen-bond donors (Lipinski definition) is 0. The van der Waals surface area contributed by atoms with Crippen molar-refractivity contribution >= 4 is 23.3 Å². The minimum Gasteiger partial charge on any atom is -0.554 e. The highest BCUT2D eigenvalue weighted by Gasteiger charge is 2.15. The summed E-state index contributed by atoms with van der Waals surface area (Å²) in [6, 6.07) is 13.8. The standard InChI is InChI=1S/C15H13BN2O/c1-16(13-7-4-9-17-11-13)19-14-8-2-5-12-6-3-10-18-15(12)14/h2-11H,1H3. The molecular weight excluding hydrogens is 235 g/mol. The SMILES string of the molecule is CB(Oc1cccc2cccnc12)c1cccnc1. The smallest absolute Gasteiger partial charge is 0.390 e. The van der Waals surface area contributed by atoms with E-state index >= 15 is 0 Å². The molecule has 1 aromatic carbocycles. The van der Waals surface area contributed by atoms with Crippen molar-refractivity contribution in [1.29, 1.82) is 0 Å². The van der Waals surface area contributed by atoms with E-state index in [-0.39, 0.29) is 6.92 Å². The minimum atomic E-state index is -0.0543. The monoisotopic (exact) mass is 248 g/mol. The van der Waals surface area contributed by atoms with Gasteiger partial charge in [0.1, 0.15) is 11.3 Å². The topological polar surface area (TPSA) is 35.0 Å². The summed E-state index contributed by atoms with van der Waals surface area (Å²) in [5, 5.41) is 1.08. The van der Waals surface area contributed by atoms with E-state index in [1.54, 1.807) is 12.4 Å². The van der Waals surface area contributed by atoms with E-state index in [9.17, 15) is 0 Å². The van der Waals surface area contributed by atoms with Crippen molar-refractivity contribution in [2.24, 2.45) is 0 Å². The van der Waals surface area contributed by atoms with Crippen LogP contribution < -0.4 is 10.1 Å². The van der Waals surface area contributed by atoms with E-state index in [1.807, 2.05) is 55.5 Å². The normalized spacial score (nSPS) is 10.4. The number of benzene rings is 1. The maximum Gasteiger partial charge on any atom is 0.390 e. The first-order valence-corrected chi connectivity index (χ1v) is 6.25. The predicted molar refractivity (Wildman–Crippen MR) is 77.9 cm³/mol. The molecule has 0 fully saturated rings. The van der Waals surface area contributed by atoms with Crippen molar-refractivity contribution in [2.45, 2.75) is 6.82 Å². The first-order valence-electron chi connectivity index (χ1n) is 6.25. The Balaban J connectivity index is 1.94. The third kappa shape index (κ3) is 2.43. The Morgan fingerprint density at radius 1 is 1.00 bits per heavy atom. The third-order valence-corrected chi connectivity index (χ3v) is 3.05. The average molecular weight is 248 g/mol. The second kappa shape index (κ2) is 5.10. The molecule has 0 spiro atoms. The number of pyridine rings is 2. The summed E-state index contributed by atoms with van der Waals surface area (Å²) in [5.74, 6) is 0.800. The number of para-hydroxylation sites is 1. The Labute approximate surface area is 112 Å². The molecule has 92 valence electrons. The highest BCUT2D eigenvalue weighted by Crippen LogP contribution is 2.23. The second-order valence-corrected chi connectivity index (χ2v) is 4.38. The van der Waals surface area contributed by atoms with Crippen LogP contribution in [0.25, 0.3) is 10.9 Å². The Morgan fingerprint density at radius 3 is 2.68 bits per heavy atom. The molecule has 0 radical (unpaired) electrons. The first kappa shape index (κ1) is 11.7. The maximum absolute atomic E-state index is 6.01. The lowest BCUT2D eigenvalue weighted by Gasteiger charge is -2.13. The zero-order valence-electron chi connectivity index (χ0n) is 10.7. The van der Waals surface area contributed by atoms with Gasteiger partial charge in [-0.3, -0.25) is 9.97 Å².